The highest BCUT2D eigenvalue weighted by Crippen LogP contribution is 2.43. The van der Waals surface area contributed by atoms with E-state index in [0.717, 1.165) is 23.3 Å². The third-order valence-corrected chi connectivity index (χ3v) is 4.20. The van der Waals surface area contributed by atoms with E-state index in [0.29, 0.717) is 18.7 Å². The van der Waals surface area contributed by atoms with Gasteiger partial charge in [-0.15, -0.1) is 0 Å². The number of aliphatic hydroxyl groups excluding tert-OH is 1. The summed E-state index contributed by atoms with van der Waals surface area (Å²) in [4.78, 5) is 12.3. The van der Waals surface area contributed by atoms with Crippen LogP contribution in [0.15, 0.2) is 27.2 Å². The molecule has 118 valence electrons. The molecule has 0 spiro atoms. The maximum atomic E-state index is 12.3. The van der Waals surface area contributed by atoms with Crippen molar-refractivity contribution < 1.29 is 18.7 Å². The Kier molecular flexibility index (Phi) is 3.60. The second kappa shape index (κ2) is 5.32. The van der Waals surface area contributed by atoms with E-state index >= 15 is 0 Å². The number of furan rings is 2. The van der Waals surface area contributed by atoms with Gasteiger partial charge in [0.2, 0.25) is 0 Å². The van der Waals surface area contributed by atoms with E-state index in [4.69, 9.17) is 8.83 Å². The van der Waals surface area contributed by atoms with E-state index in [2.05, 4.69) is 19.2 Å². The van der Waals surface area contributed by atoms with Crippen LogP contribution in [0.1, 0.15) is 59.6 Å². The van der Waals surface area contributed by atoms with E-state index < -0.39 is 6.10 Å². The second-order valence-electron chi connectivity index (χ2n) is 6.72. The quantitative estimate of drug-likeness (QED) is 0.913. The van der Waals surface area contributed by atoms with Crippen molar-refractivity contribution in [3.63, 3.8) is 0 Å². The summed E-state index contributed by atoms with van der Waals surface area (Å²) >= 11 is 0. The van der Waals surface area contributed by atoms with E-state index in [-0.39, 0.29) is 17.1 Å². The standard InChI is InChI=1S/C17H21NO4/c1-10-14-12(19)7-17(2,3)8-13(14)22-15(10)16(20)18-9-11-5-4-6-21-11/h4-6,12,19H,7-9H2,1-3H3,(H,18,20)/t12-/m1/s1. The molecular weight excluding hydrogens is 282 g/mol. The van der Waals surface area contributed by atoms with Crippen molar-refractivity contribution in [1.29, 1.82) is 0 Å². The molecule has 0 aliphatic heterocycles. The number of hydrogen-bond acceptors (Lipinski definition) is 4. The lowest BCUT2D eigenvalue weighted by Crippen LogP contribution is -2.25. The fraction of sp³-hybridized carbons (Fsp3) is 0.471. The van der Waals surface area contributed by atoms with Gasteiger partial charge in [0.25, 0.3) is 5.91 Å². The zero-order valence-electron chi connectivity index (χ0n) is 13.1. The monoisotopic (exact) mass is 303 g/mol. The Morgan fingerprint density at radius 1 is 1.50 bits per heavy atom. The van der Waals surface area contributed by atoms with Gasteiger partial charge in [-0.3, -0.25) is 4.79 Å². The summed E-state index contributed by atoms with van der Waals surface area (Å²) in [6.45, 7) is 6.32. The fourth-order valence-electron chi connectivity index (χ4n) is 3.16. The first-order valence-corrected chi connectivity index (χ1v) is 7.48. The van der Waals surface area contributed by atoms with Crippen LogP contribution in [-0.2, 0) is 13.0 Å². The molecule has 2 N–H and O–H groups in total. The average molecular weight is 303 g/mol. The number of aliphatic hydroxyl groups is 1. The smallest absolute Gasteiger partial charge is 0.287 e. The van der Waals surface area contributed by atoms with Gasteiger partial charge in [-0.25, -0.2) is 0 Å². The van der Waals surface area contributed by atoms with Crippen molar-refractivity contribution in [2.24, 2.45) is 5.41 Å². The highest BCUT2D eigenvalue weighted by Gasteiger charge is 2.37. The van der Waals surface area contributed by atoms with Crippen LogP contribution in [0.5, 0.6) is 0 Å². The molecule has 0 saturated carbocycles. The Bertz CT molecular complexity index is 682. The van der Waals surface area contributed by atoms with Crippen molar-refractivity contribution in [2.45, 2.75) is 46.3 Å². The summed E-state index contributed by atoms with van der Waals surface area (Å²) < 4.78 is 11.0. The van der Waals surface area contributed by atoms with Gasteiger partial charge in [-0.2, -0.15) is 0 Å². The number of carbonyl (C=O) groups is 1. The minimum atomic E-state index is -0.575. The first-order chi connectivity index (χ1) is 10.4. The molecule has 5 heteroatoms. The topological polar surface area (TPSA) is 75.6 Å². The van der Waals surface area contributed by atoms with Crippen molar-refractivity contribution >= 4 is 5.91 Å². The number of rotatable bonds is 3. The number of nitrogens with one attached hydrogen (secondary N) is 1. The molecule has 0 aromatic carbocycles. The van der Waals surface area contributed by atoms with Crippen molar-refractivity contribution in [3.05, 3.63) is 46.8 Å². The average Bonchev–Trinajstić information content (AvgIpc) is 3.02. The van der Waals surface area contributed by atoms with Crippen molar-refractivity contribution in [3.8, 4) is 0 Å². The van der Waals surface area contributed by atoms with E-state index in [1.165, 1.54) is 0 Å². The molecule has 2 aromatic heterocycles. The van der Waals surface area contributed by atoms with Crippen LogP contribution in [-0.4, -0.2) is 11.0 Å². The predicted octanol–water partition coefficient (Wildman–Crippen LogP) is 3.12. The number of carbonyl (C=O) groups excluding carboxylic acids is 1. The number of hydrogen-bond donors (Lipinski definition) is 2. The Morgan fingerprint density at radius 2 is 2.27 bits per heavy atom. The summed E-state index contributed by atoms with van der Waals surface area (Å²) in [6.07, 6.45) is 2.39. The Hall–Kier alpha value is -2.01. The van der Waals surface area contributed by atoms with Gasteiger partial charge in [-0.1, -0.05) is 13.8 Å². The molecular formula is C17H21NO4. The van der Waals surface area contributed by atoms with Crippen LogP contribution in [0.25, 0.3) is 0 Å². The van der Waals surface area contributed by atoms with Crippen LogP contribution >= 0.6 is 0 Å². The fourth-order valence-corrected chi connectivity index (χ4v) is 3.16. The highest BCUT2D eigenvalue weighted by atomic mass is 16.4. The van der Waals surface area contributed by atoms with Crippen LogP contribution in [0.2, 0.25) is 0 Å². The Balaban J connectivity index is 1.82. The Morgan fingerprint density at radius 3 is 2.95 bits per heavy atom. The Labute approximate surface area is 129 Å². The second-order valence-corrected chi connectivity index (χ2v) is 6.72. The van der Waals surface area contributed by atoms with Crippen LogP contribution < -0.4 is 5.32 Å². The van der Waals surface area contributed by atoms with Crippen molar-refractivity contribution in [2.75, 3.05) is 0 Å². The maximum Gasteiger partial charge on any atom is 0.287 e. The van der Waals surface area contributed by atoms with E-state index in [1.54, 1.807) is 18.4 Å². The van der Waals surface area contributed by atoms with Crippen LogP contribution in [0, 0.1) is 12.3 Å². The van der Waals surface area contributed by atoms with Gasteiger partial charge in [0, 0.05) is 17.5 Å². The summed E-state index contributed by atoms with van der Waals surface area (Å²) in [5.41, 5.74) is 1.48. The van der Waals surface area contributed by atoms with Gasteiger partial charge < -0.3 is 19.3 Å². The first kappa shape index (κ1) is 14.9. The van der Waals surface area contributed by atoms with Gasteiger partial charge >= 0.3 is 0 Å². The van der Waals surface area contributed by atoms with Crippen LogP contribution in [0.4, 0.5) is 0 Å². The van der Waals surface area contributed by atoms with Gasteiger partial charge in [0.1, 0.15) is 11.5 Å². The molecule has 0 radical (unpaired) electrons. The van der Waals surface area contributed by atoms with Gasteiger partial charge in [0.05, 0.1) is 18.9 Å². The largest absolute Gasteiger partial charge is 0.467 e. The predicted molar refractivity (Wildman–Crippen MR) is 80.4 cm³/mol. The highest BCUT2D eigenvalue weighted by molar-refractivity contribution is 5.93. The molecule has 0 bridgehead atoms. The summed E-state index contributed by atoms with van der Waals surface area (Å²) in [6, 6.07) is 3.57. The third kappa shape index (κ3) is 2.68. The number of fused-ring (bicyclic) bond motifs is 1. The molecule has 2 aromatic rings. The molecule has 3 rings (SSSR count). The molecule has 1 amide bonds. The number of amides is 1. The molecule has 2 heterocycles. The molecule has 1 aliphatic carbocycles. The molecule has 0 unspecified atom stereocenters. The minimum absolute atomic E-state index is 0.0291. The minimum Gasteiger partial charge on any atom is -0.467 e. The molecule has 0 saturated heterocycles. The lowest BCUT2D eigenvalue weighted by Gasteiger charge is -2.31. The van der Waals surface area contributed by atoms with Crippen LogP contribution in [0.3, 0.4) is 0 Å². The molecule has 1 atom stereocenters. The van der Waals surface area contributed by atoms with E-state index in [9.17, 15) is 9.90 Å². The lowest BCUT2D eigenvalue weighted by molar-refractivity contribution is 0.0882. The molecule has 1 aliphatic rings. The zero-order chi connectivity index (χ0) is 15.9. The first-order valence-electron chi connectivity index (χ1n) is 7.48. The molecule has 22 heavy (non-hydrogen) atoms. The van der Waals surface area contributed by atoms with Gasteiger partial charge in [0.15, 0.2) is 5.76 Å². The lowest BCUT2D eigenvalue weighted by atomic mass is 9.75. The molecule has 5 nitrogen and oxygen atoms in total. The van der Waals surface area contributed by atoms with Gasteiger partial charge in [-0.05, 0) is 30.9 Å². The van der Waals surface area contributed by atoms with Crippen molar-refractivity contribution in [1.82, 2.24) is 5.32 Å². The normalized spacial score (nSPS) is 19.7. The zero-order valence-corrected chi connectivity index (χ0v) is 13.1. The summed E-state index contributed by atoms with van der Waals surface area (Å²) in [5, 5.41) is 13.1. The summed E-state index contributed by atoms with van der Waals surface area (Å²) in [5.74, 6) is 1.41. The van der Waals surface area contributed by atoms with E-state index in [1.807, 2.05) is 6.92 Å². The SMILES string of the molecule is Cc1c(C(=O)NCc2ccco2)oc2c1[C@H](O)CC(C)(C)C2. The maximum absolute atomic E-state index is 12.3. The summed E-state index contributed by atoms with van der Waals surface area (Å²) in [7, 11) is 0. The third-order valence-electron chi connectivity index (χ3n) is 4.20. The molecule has 0 fully saturated rings.